The highest BCUT2D eigenvalue weighted by atomic mass is 35.5. The van der Waals surface area contributed by atoms with Crippen molar-refractivity contribution in [1.29, 1.82) is 0 Å². The van der Waals surface area contributed by atoms with Gasteiger partial charge in [-0.05, 0) is 24.4 Å². The fourth-order valence-corrected chi connectivity index (χ4v) is 2.73. The Bertz CT molecular complexity index is 590. The maximum absolute atomic E-state index is 9.61. The minimum atomic E-state index is 0.0293. The summed E-state index contributed by atoms with van der Waals surface area (Å²) in [4.78, 5) is 18.8. The van der Waals surface area contributed by atoms with E-state index < -0.39 is 0 Å². The Morgan fingerprint density at radius 3 is 2.81 bits per heavy atom. The number of nitrogens with zero attached hydrogens (tertiary/aromatic N) is 6. The predicted octanol–water partition coefficient (Wildman–Crippen LogP) is 1.45. The first-order chi connectivity index (χ1) is 10.3. The molecule has 1 fully saturated rings. The topological polar surface area (TPSA) is 80.0 Å². The highest BCUT2D eigenvalue weighted by Crippen LogP contribution is 2.22. The molecule has 0 spiro atoms. The zero-order valence-electron chi connectivity index (χ0n) is 11.6. The summed E-state index contributed by atoms with van der Waals surface area (Å²) in [6, 6.07) is 0.0293. The number of imidazole rings is 1. The van der Waals surface area contributed by atoms with Crippen LogP contribution in [0.4, 0.5) is 5.95 Å². The molecule has 0 aliphatic carbocycles. The van der Waals surface area contributed by atoms with E-state index in [4.69, 9.17) is 11.6 Å². The summed E-state index contributed by atoms with van der Waals surface area (Å²) >= 11 is 6.03. The van der Waals surface area contributed by atoms with Crippen LogP contribution in [0.5, 0.6) is 0 Å². The number of aliphatic hydroxyl groups excluding tert-OH is 1. The third kappa shape index (κ3) is 3.14. The number of hydrogen-bond acceptors (Lipinski definition) is 6. The quantitative estimate of drug-likeness (QED) is 0.924. The molecule has 1 N–H and O–H groups in total. The maximum atomic E-state index is 9.61. The van der Waals surface area contributed by atoms with Crippen LogP contribution < -0.4 is 4.90 Å². The van der Waals surface area contributed by atoms with Crippen LogP contribution in [0.25, 0.3) is 5.95 Å². The molecule has 0 saturated carbocycles. The van der Waals surface area contributed by atoms with E-state index >= 15 is 0 Å². The summed E-state index contributed by atoms with van der Waals surface area (Å²) < 4.78 is 1.68. The van der Waals surface area contributed by atoms with Crippen LogP contribution in [-0.4, -0.2) is 48.8 Å². The van der Waals surface area contributed by atoms with Crippen molar-refractivity contribution in [3.8, 4) is 5.95 Å². The molecule has 0 amide bonds. The second-order valence-corrected chi connectivity index (χ2v) is 5.39. The van der Waals surface area contributed by atoms with Gasteiger partial charge in [-0.2, -0.15) is 15.0 Å². The lowest BCUT2D eigenvalue weighted by Crippen LogP contribution is -2.39. The third-order valence-corrected chi connectivity index (χ3v) is 3.83. The molecule has 7 nitrogen and oxygen atoms in total. The fourth-order valence-electron chi connectivity index (χ4n) is 2.58. The molecule has 112 valence electrons. The molecule has 1 aliphatic heterocycles. The Kier molecular flexibility index (Phi) is 4.31. The van der Waals surface area contributed by atoms with Crippen molar-refractivity contribution in [3.63, 3.8) is 0 Å². The van der Waals surface area contributed by atoms with E-state index in [9.17, 15) is 5.11 Å². The first kappa shape index (κ1) is 14.2. The Morgan fingerprint density at radius 2 is 2.05 bits per heavy atom. The van der Waals surface area contributed by atoms with Crippen LogP contribution in [-0.2, 0) is 0 Å². The van der Waals surface area contributed by atoms with E-state index in [0.717, 1.165) is 32.2 Å². The summed E-state index contributed by atoms with van der Waals surface area (Å²) in [6.45, 7) is 0.901. The van der Waals surface area contributed by atoms with Crippen molar-refractivity contribution in [3.05, 3.63) is 24.0 Å². The van der Waals surface area contributed by atoms with Crippen LogP contribution >= 0.6 is 11.6 Å². The number of anilines is 1. The molecule has 0 bridgehead atoms. The van der Waals surface area contributed by atoms with Crippen LogP contribution in [0.15, 0.2) is 18.7 Å². The van der Waals surface area contributed by atoms with Crippen molar-refractivity contribution >= 4 is 17.5 Å². The van der Waals surface area contributed by atoms with Crippen LogP contribution in [0.1, 0.15) is 25.7 Å². The van der Waals surface area contributed by atoms with Gasteiger partial charge in [0, 0.05) is 18.9 Å². The number of halogens is 1. The molecule has 0 radical (unpaired) electrons. The van der Waals surface area contributed by atoms with Gasteiger partial charge in [0.05, 0.1) is 12.6 Å². The van der Waals surface area contributed by atoms with Gasteiger partial charge in [0.25, 0.3) is 0 Å². The predicted molar refractivity (Wildman–Crippen MR) is 78.6 cm³/mol. The molecule has 3 rings (SSSR count). The van der Waals surface area contributed by atoms with E-state index in [1.54, 1.807) is 23.3 Å². The summed E-state index contributed by atoms with van der Waals surface area (Å²) in [7, 11) is 0. The molecule has 8 heteroatoms. The largest absolute Gasteiger partial charge is 0.394 e. The molecule has 2 aromatic rings. The van der Waals surface area contributed by atoms with Crippen LogP contribution in [0.3, 0.4) is 0 Å². The van der Waals surface area contributed by atoms with Gasteiger partial charge >= 0.3 is 0 Å². The first-order valence-electron chi connectivity index (χ1n) is 7.05. The van der Waals surface area contributed by atoms with Gasteiger partial charge in [-0.1, -0.05) is 12.8 Å². The monoisotopic (exact) mass is 308 g/mol. The summed E-state index contributed by atoms with van der Waals surface area (Å²) in [5.41, 5.74) is 0. The minimum Gasteiger partial charge on any atom is -0.394 e. The molecule has 3 heterocycles. The highest BCUT2D eigenvalue weighted by molar-refractivity contribution is 6.28. The fraction of sp³-hybridized carbons (Fsp3) is 0.538. The third-order valence-electron chi connectivity index (χ3n) is 3.66. The van der Waals surface area contributed by atoms with Crippen LogP contribution in [0.2, 0.25) is 5.28 Å². The average Bonchev–Trinajstić information content (AvgIpc) is 2.91. The Labute approximate surface area is 127 Å². The summed E-state index contributed by atoms with van der Waals surface area (Å²) in [6.07, 6.45) is 9.26. The molecule has 0 aromatic carbocycles. The number of aliphatic hydroxyl groups is 1. The van der Waals surface area contributed by atoms with Gasteiger partial charge in [-0.15, -0.1) is 0 Å². The average molecular weight is 309 g/mol. The second kappa shape index (κ2) is 6.36. The van der Waals surface area contributed by atoms with Crippen molar-refractivity contribution in [2.24, 2.45) is 0 Å². The van der Waals surface area contributed by atoms with Crippen molar-refractivity contribution in [2.45, 2.75) is 31.7 Å². The minimum absolute atomic E-state index is 0.0293. The smallest absolute Gasteiger partial charge is 0.241 e. The Hall–Kier alpha value is -1.73. The Morgan fingerprint density at radius 1 is 1.19 bits per heavy atom. The van der Waals surface area contributed by atoms with Gasteiger partial charge in [-0.25, -0.2) is 4.98 Å². The van der Waals surface area contributed by atoms with E-state index in [1.165, 1.54) is 0 Å². The van der Waals surface area contributed by atoms with E-state index in [0.29, 0.717) is 11.9 Å². The molecule has 1 atom stereocenters. The molecular weight excluding hydrogens is 292 g/mol. The standard InChI is InChI=1S/C13H17ClN6O/c14-11-16-12(19-7-5-15-9-19)18-13(17-11)20-6-3-1-2-4-10(20)8-21/h5,7,9-10,21H,1-4,6,8H2. The number of rotatable bonds is 3. The van der Waals surface area contributed by atoms with E-state index in [-0.39, 0.29) is 17.9 Å². The zero-order valence-corrected chi connectivity index (χ0v) is 12.3. The lowest BCUT2D eigenvalue weighted by molar-refractivity contribution is 0.254. The van der Waals surface area contributed by atoms with Gasteiger partial charge in [-0.3, -0.25) is 4.57 Å². The zero-order chi connectivity index (χ0) is 14.7. The number of aromatic nitrogens is 5. The van der Waals surface area contributed by atoms with E-state index in [1.807, 2.05) is 4.90 Å². The highest BCUT2D eigenvalue weighted by Gasteiger charge is 2.23. The summed E-state index contributed by atoms with van der Waals surface area (Å²) in [5, 5.41) is 9.75. The maximum Gasteiger partial charge on any atom is 0.241 e. The molecule has 1 aliphatic rings. The normalized spacial score (nSPS) is 19.5. The van der Waals surface area contributed by atoms with Gasteiger partial charge in [0.1, 0.15) is 6.33 Å². The van der Waals surface area contributed by atoms with Crippen molar-refractivity contribution in [2.75, 3.05) is 18.1 Å². The Balaban J connectivity index is 1.96. The molecular formula is C13H17ClN6O. The number of hydrogen-bond donors (Lipinski definition) is 1. The molecule has 1 unspecified atom stereocenters. The van der Waals surface area contributed by atoms with Gasteiger partial charge in [0.2, 0.25) is 17.2 Å². The van der Waals surface area contributed by atoms with Crippen molar-refractivity contribution in [1.82, 2.24) is 24.5 Å². The van der Waals surface area contributed by atoms with Gasteiger partial charge < -0.3 is 10.0 Å². The SMILES string of the molecule is OCC1CCCCCN1c1nc(Cl)nc(-n2ccnc2)n1. The van der Waals surface area contributed by atoms with Gasteiger partial charge in [0.15, 0.2) is 0 Å². The lowest BCUT2D eigenvalue weighted by atomic mass is 10.1. The molecule has 21 heavy (non-hydrogen) atoms. The van der Waals surface area contributed by atoms with Crippen molar-refractivity contribution < 1.29 is 5.11 Å². The van der Waals surface area contributed by atoms with Crippen LogP contribution in [0, 0.1) is 0 Å². The lowest BCUT2D eigenvalue weighted by Gasteiger charge is -2.28. The van der Waals surface area contributed by atoms with E-state index in [2.05, 4.69) is 19.9 Å². The molecule has 1 saturated heterocycles. The second-order valence-electron chi connectivity index (χ2n) is 5.05. The summed E-state index contributed by atoms with van der Waals surface area (Å²) in [5.74, 6) is 0.947. The molecule has 2 aromatic heterocycles. The first-order valence-corrected chi connectivity index (χ1v) is 7.43.